The molecule has 0 radical (unpaired) electrons. The highest BCUT2D eigenvalue weighted by Crippen LogP contribution is 2.39. The third-order valence-electron chi connectivity index (χ3n) is 7.69. The Morgan fingerprint density at radius 1 is 0.854 bits per heavy atom. The monoisotopic (exact) mass is 695 g/mol. The van der Waals surface area contributed by atoms with Crippen molar-refractivity contribution >= 4 is 40.2 Å². The maximum Gasteiger partial charge on any atom is 0.227 e. The van der Waals surface area contributed by atoms with Crippen molar-refractivity contribution < 1.29 is 28.5 Å². The highest BCUT2D eigenvalue weighted by atomic mass is 35.5. The predicted octanol–water partition coefficient (Wildman–Crippen LogP) is 6.29. The molecule has 256 valence electrons. The Morgan fingerprint density at radius 2 is 1.48 bits per heavy atom. The molecule has 1 atom stereocenters. The van der Waals surface area contributed by atoms with Crippen LogP contribution in [0.15, 0.2) is 53.5 Å². The lowest BCUT2D eigenvalue weighted by Gasteiger charge is -2.13. The van der Waals surface area contributed by atoms with Crippen molar-refractivity contribution in [3.8, 4) is 10.8 Å². The predicted molar refractivity (Wildman–Crippen MR) is 187 cm³/mol. The second kappa shape index (κ2) is 17.7. The molecule has 0 saturated heterocycles. The number of aryl methyl sites for hydroxylation is 2. The summed E-state index contributed by atoms with van der Waals surface area (Å²) in [6.45, 7) is 12.8. The van der Waals surface area contributed by atoms with Crippen LogP contribution in [0.3, 0.4) is 0 Å². The molecule has 2 aromatic heterocycles. The lowest BCUT2D eigenvalue weighted by molar-refractivity contribution is -0.116. The molecule has 1 N–H and O–H groups in total. The van der Waals surface area contributed by atoms with Crippen LogP contribution < -0.4 is 10.1 Å². The number of nitrogens with one attached hydrogen (secondary N) is 1. The van der Waals surface area contributed by atoms with Crippen LogP contribution in [0.1, 0.15) is 52.6 Å². The lowest BCUT2D eigenvalue weighted by Crippen LogP contribution is -2.17. The number of carbonyl (C=O) groups excluding carboxylic acids is 1. The van der Waals surface area contributed by atoms with Gasteiger partial charge in [0.25, 0.3) is 0 Å². The molecule has 0 aliphatic carbocycles. The fraction of sp³-hybridized carbons (Fsp3) is 0.429. The van der Waals surface area contributed by atoms with Crippen molar-refractivity contribution in [2.75, 3.05) is 64.8 Å². The minimum Gasteiger partial charge on any atom is -0.491 e. The summed E-state index contributed by atoms with van der Waals surface area (Å²) in [6.07, 6.45) is 0.0858. The zero-order chi connectivity index (χ0) is 33.9. The summed E-state index contributed by atoms with van der Waals surface area (Å²) in [5.74, 6) is 1.87. The number of ether oxygens (including phenoxy) is 5. The van der Waals surface area contributed by atoms with Crippen molar-refractivity contribution in [2.45, 2.75) is 40.2 Å². The molecule has 1 aliphatic heterocycles. The number of carbonyl (C=O) groups is 1. The van der Waals surface area contributed by atoms with E-state index in [0.29, 0.717) is 81.7 Å². The van der Waals surface area contributed by atoms with Gasteiger partial charge in [-0.05, 0) is 69.7 Å². The first kappa shape index (κ1) is 35.7. The van der Waals surface area contributed by atoms with E-state index in [-0.39, 0.29) is 12.3 Å². The van der Waals surface area contributed by atoms with Crippen LogP contribution >= 0.6 is 22.9 Å². The van der Waals surface area contributed by atoms with E-state index in [1.165, 1.54) is 4.88 Å². The smallest absolute Gasteiger partial charge is 0.227 e. The van der Waals surface area contributed by atoms with E-state index in [4.69, 9.17) is 40.3 Å². The van der Waals surface area contributed by atoms with Crippen LogP contribution in [0.4, 0.5) is 5.69 Å². The Labute approximate surface area is 290 Å². The molecule has 4 aromatic rings. The van der Waals surface area contributed by atoms with Gasteiger partial charge in [-0.25, -0.2) is 0 Å². The van der Waals surface area contributed by atoms with E-state index in [0.717, 1.165) is 33.2 Å². The van der Waals surface area contributed by atoms with Crippen molar-refractivity contribution in [1.29, 1.82) is 0 Å². The van der Waals surface area contributed by atoms with Crippen molar-refractivity contribution in [1.82, 2.24) is 14.8 Å². The minimum atomic E-state index is -0.553. The first-order chi connectivity index (χ1) is 23.4. The lowest BCUT2D eigenvalue weighted by atomic mass is 9.99. The number of hydrogen-bond donors (Lipinski definition) is 1. The molecule has 0 bridgehead atoms. The molecule has 11 nitrogen and oxygen atoms in total. The van der Waals surface area contributed by atoms with Gasteiger partial charge in [0, 0.05) is 33.3 Å². The fourth-order valence-electron chi connectivity index (χ4n) is 5.18. The average Bonchev–Trinajstić information content (AvgIpc) is 3.56. The third kappa shape index (κ3) is 9.28. The molecule has 5 rings (SSSR count). The first-order valence-electron chi connectivity index (χ1n) is 16.1. The molecule has 0 spiro atoms. The number of thiophene rings is 1. The summed E-state index contributed by atoms with van der Waals surface area (Å²) in [5.41, 5.74) is 4.55. The first-order valence-corrected chi connectivity index (χ1v) is 17.2. The van der Waals surface area contributed by atoms with Gasteiger partial charge < -0.3 is 29.0 Å². The molecule has 0 unspecified atom stereocenters. The molecule has 1 aliphatic rings. The van der Waals surface area contributed by atoms with E-state index in [1.54, 1.807) is 11.3 Å². The molecular weight excluding hydrogens is 654 g/mol. The number of benzene rings is 2. The second-order valence-electron chi connectivity index (χ2n) is 11.1. The maximum atomic E-state index is 13.4. The highest BCUT2D eigenvalue weighted by molar-refractivity contribution is 7.15. The van der Waals surface area contributed by atoms with Gasteiger partial charge in [0.15, 0.2) is 5.82 Å². The summed E-state index contributed by atoms with van der Waals surface area (Å²) in [4.78, 5) is 19.8. The summed E-state index contributed by atoms with van der Waals surface area (Å²) in [7, 11) is 0. The summed E-state index contributed by atoms with van der Waals surface area (Å²) >= 11 is 7.89. The zero-order valence-corrected chi connectivity index (χ0v) is 29.4. The second-order valence-corrected chi connectivity index (χ2v) is 12.7. The fourth-order valence-corrected chi connectivity index (χ4v) is 6.52. The Bertz CT molecular complexity index is 1670. The van der Waals surface area contributed by atoms with Gasteiger partial charge in [-0.15, -0.1) is 21.5 Å². The van der Waals surface area contributed by atoms with Gasteiger partial charge in [-0.2, -0.15) is 0 Å². The topological polar surface area (TPSA) is 118 Å². The number of amides is 1. The van der Waals surface area contributed by atoms with Crippen molar-refractivity contribution in [3.63, 3.8) is 0 Å². The van der Waals surface area contributed by atoms with Crippen LogP contribution in [0.2, 0.25) is 5.02 Å². The van der Waals surface area contributed by atoms with E-state index in [1.807, 2.05) is 66.9 Å². The van der Waals surface area contributed by atoms with Crippen LogP contribution in [-0.4, -0.2) is 85.8 Å². The molecule has 48 heavy (non-hydrogen) atoms. The SMILES string of the molecule is CCOCCOCCOCCOCCOc1ccc(NC(=O)C[C@H]2N=C(c3ccc(Cl)cc3)c3c(sc(C)c3C)-n3c(C)nnc32)cc1. The van der Waals surface area contributed by atoms with Gasteiger partial charge in [0.2, 0.25) is 5.91 Å². The molecule has 3 heterocycles. The van der Waals surface area contributed by atoms with Crippen LogP contribution in [-0.2, 0) is 23.7 Å². The number of anilines is 1. The van der Waals surface area contributed by atoms with Crippen LogP contribution in [0, 0.1) is 20.8 Å². The Morgan fingerprint density at radius 3 is 2.12 bits per heavy atom. The number of fused-ring (bicyclic) bond motifs is 3. The summed E-state index contributed by atoms with van der Waals surface area (Å²) in [6, 6.07) is 14.3. The highest BCUT2D eigenvalue weighted by Gasteiger charge is 2.32. The number of halogens is 1. The van der Waals surface area contributed by atoms with Gasteiger partial charge in [-0.3, -0.25) is 14.4 Å². The average molecular weight is 696 g/mol. The maximum absolute atomic E-state index is 13.4. The van der Waals surface area contributed by atoms with E-state index < -0.39 is 6.04 Å². The Balaban J connectivity index is 1.14. The molecule has 0 saturated carbocycles. The molecule has 2 aromatic carbocycles. The zero-order valence-electron chi connectivity index (χ0n) is 27.8. The quantitative estimate of drug-likeness (QED) is 0.121. The summed E-state index contributed by atoms with van der Waals surface area (Å²) in [5, 5.41) is 13.5. The number of aliphatic imine (C=N–C) groups is 1. The summed E-state index contributed by atoms with van der Waals surface area (Å²) < 4.78 is 29.5. The molecular formula is C35H42ClN5O6S. The minimum absolute atomic E-state index is 0.0858. The number of nitrogens with zero attached hydrogens (tertiary/aromatic N) is 4. The van der Waals surface area contributed by atoms with Crippen LogP contribution in [0.5, 0.6) is 5.75 Å². The number of rotatable bonds is 18. The van der Waals surface area contributed by atoms with Gasteiger partial charge in [0.1, 0.15) is 29.2 Å². The van der Waals surface area contributed by atoms with Gasteiger partial charge in [0.05, 0.1) is 58.4 Å². The molecule has 0 fully saturated rings. The third-order valence-corrected chi connectivity index (χ3v) is 9.13. The van der Waals surface area contributed by atoms with E-state index >= 15 is 0 Å². The largest absolute Gasteiger partial charge is 0.491 e. The Hall–Kier alpha value is -3.65. The van der Waals surface area contributed by atoms with Crippen molar-refractivity contribution in [3.05, 3.63) is 86.8 Å². The van der Waals surface area contributed by atoms with Gasteiger partial charge >= 0.3 is 0 Å². The Kier molecular flexibility index (Phi) is 13.1. The molecule has 13 heteroatoms. The van der Waals surface area contributed by atoms with Crippen LogP contribution in [0.25, 0.3) is 5.00 Å². The van der Waals surface area contributed by atoms with E-state index in [9.17, 15) is 4.79 Å². The van der Waals surface area contributed by atoms with E-state index in [2.05, 4.69) is 29.4 Å². The number of hydrogen-bond acceptors (Lipinski definition) is 10. The molecule has 1 amide bonds. The van der Waals surface area contributed by atoms with Gasteiger partial charge in [-0.1, -0.05) is 23.7 Å². The normalized spacial score (nSPS) is 13.9. The number of aromatic nitrogens is 3. The standard InChI is InChI=1S/C35H42ClN5O6S/c1-5-43-14-15-44-16-17-45-18-19-46-20-21-47-29-12-10-28(11-13-29)37-31(42)22-30-34-40-39-25(4)41(34)35-32(23(2)24(3)48-35)33(38-30)26-6-8-27(36)9-7-26/h6-13,30H,5,14-22H2,1-4H3,(H,37,42)/t30-/m1/s1. The van der Waals surface area contributed by atoms with Crippen molar-refractivity contribution in [2.24, 2.45) is 4.99 Å².